The van der Waals surface area contributed by atoms with Crippen molar-refractivity contribution >= 4 is 0 Å². The Labute approximate surface area is 189 Å². The van der Waals surface area contributed by atoms with Gasteiger partial charge in [-0.3, -0.25) is 0 Å². The third-order valence-corrected chi connectivity index (χ3v) is 8.75. The van der Waals surface area contributed by atoms with E-state index < -0.39 is 17.8 Å². The highest BCUT2D eigenvalue weighted by Gasteiger charge is 2.50. The van der Waals surface area contributed by atoms with Crippen LogP contribution in [0.5, 0.6) is 0 Å². The first kappa shape index (κ1) is 24.5. The molecular weight excluding hydrogens is 384 g/mol. The van der Waals surface area contributed by atoms with Gasteiger partial charge in [-0.1, -0.05) is 57.2 Å². The van der Waals surface area contributed by atoms with Crippen molar-refractivity contribution in [2.75, 3.05) is 0 Å². The van der Waals surface area contributed by atoms with Crippen LogP contribution in [-0.2, 0) is 0 Å². The van der Waals surface area contributed by atoms with E-state index in [2.05, 4.69) is 51.7 Å². The minimum Gasteiger partial charge on any atom is -0.393 e. The lowest BCUT2D eigenvalue weighted by molar-refractivity contribution is 0.0436. The molecule has 174 valence electrons. The molecule has 3 N–H and O–H groups in total. The largest absolute Gasteiger partial charge is 0.393 e. The van der Waals surface area contributed by atoms with Crippen LogP contribution in [0.1, 0.15) is 79.6 Å². The van der Waals surface area contributed by atoms with E-state index in [0.717, 1.165) is 17.6 Å². The molecule has 3 saturated carbocycles. The van der Waals surface area contributed by atoms with Crippen molar-refractivity contribution in [3.8, 4) is 0 Å². The monoisotopic (exact) mass is 428 g/mol. The van der Waals surface area contributed by atoms with Gasteiger partial charge in [0.25, 0.3) is 0 Å². The van der Waals surface area contributed by atoms with Crippen LogP contribution in [0.2, 0.25) is 0 Å². The Morgan fingerprint density at radius 1 is 1.13 bits per heavy atom. The van der Waals surface area contributed by atoms with Crippen molar-refractivity contribution in [2.24, 2.45) is 29.1 Å². The fourth-order valence-electron chi connectivity index (χ4n) is 6.32. The van der Waals surface area contributed by atoms with Gasteiger partial charge in [0.1, 0.15) is 0 Å². The molecule has 3 aliphatic rings. The zero-order valence-electron chi connectivity index (χ0n) is 20.3. The second-order valence-electron chi connectivity index (χ2n) is 11.4. The normalized spacial score (nSPS) is 39.3. The lowest BCUT2D eigenvalue weighted by Crippen LogP contribution is -2.35. The van der Waals surface area contributed by atoms with Gasteiger partial charge < -0.3 is 15.3 Å². The van der Waals surface area contributed by atoms with Crippen LogP contribution in [0.25, 0.3) is 0 Å². The number of aliphatic hydroxyl groups is 3. The number of hydrogen-bond acceptors (Lipinski definition) is 3. The van der Waals surface area contributed by atoms with E-state index in [0.29, 0.717) is 36.0 Å². The average molecular weight is 429 g/mol. The summed E-state index contributed by atoms with van der Waals surface area (Å²) in [7, 11) is 0. The van der Waals surface area contributed by atoms with Gasteiger partial charge in [0.15, 0.2) is 0 Å². The lowest BCUT2D eigenvalue weighted by atomic mass is 9.61. The number of rotatable bonds is 5. The molecule has 3 heteroatoms. The van der Waals surface area contributed by atoms with Crippen molar-refractivity contribution in [1.29, 1.82) is 0 Å². The number of aliphatic hydroxyl groups excluding tert-OH is 2. The van der Waals surface area contributed by atoms with Crippen LogP contribution in [0, 0.1) is 29.1 Å². The van der Waals surface area contributed by atoms with Crippen molar-refractivity contribution in [3.05, 3.63) is 47.6 Å². The molecule has 0 saturated heterocycles. The second-order valence-corrected chi connectivity index (χ2v) is 11.4. The fourth-order valence-corrected chi connectivity index (χ4v) is 6.32. The third kappa shape index (κ3) is 5.26. The summed E-state index contributed by atoms with van der Waals surface area (Å²) in [6.45, 7) is 14.7. The molecule has 0 bridgehead atoms. The molecule has 7 atom stereocenters. The van der Waals surface area contributed by atoms with Gasteiger partial charge in [-0.05, 0) is 86.7 Å². The zero-order chi connectivity index (χ0) is 23.0. The summed E-state index contributed by atoms with van der Waals surface area (Å²) in [5, 5.41) is 30.4. The highest BCUT2D eigenvalue weighted by Crippen LogP contribution is 2.59. The Hall–Kier alpha value is -1.16. The molecule has 0 aliphatic heterocycles. The summed E-state index contributed by atoms with van der Waals surface area (Å²) in [5.74, 6) is 1.91. The first-order chi connectivity index (χ1) is 14.4. The van der Waals surface area contributed by atoms with Crippen molar-refractivity contribution in [1.82, 2.24) is 0 Å². The summed E-state index contributed by atoms with van der Waals surface area (Å²) >= 11 is 0. The van der Waals surface area contributed by atoms with E-state index >= 15 is 0 Å². The summed E-state index contributed by atoms with van der Waals surface area (Å²) in [5.41, 5.74) is 2.93. The van der Waals surface area contributed by atoms with E-state index in [1.165, 1.54) is 31.3 Å². The van der Waals surface area contributed by atoms with Crippen LogP contribution in [-0.4, -0.2) is 33.1 Å². The summed E-state index contributed by atoms with van der Waals surface area (Å²) in [4.78, 5) is 0. The molecular formula is C28H44O3. The summed E-state index contributed by atoms with van der Waals surface area (Å²) in [6, 6.07) is 0. The first-order valence-electron chi connectivity index (χ1n) is 12.3. The Morgan fingerprint density at radius 2 is 1.84 bits per heavy atom. The Balaban J connectivity index is 1.76. The van der Waals surface area contributed by atoms with E-state index in [4.69, 9.17) is 0 Å². The molecule has 0 aromatic carbocycles. The van der Waals surface area contributed by atoms with Crippen LogP contribution < -0.4 is 0 Å². The van der Waals surface area contributed by atoms with Gasteiger partial charge in [-0.15, -0.1) is 0 Å². The molecule has 0 aromatic rings. The van der Waals surface area contributed by atoms with Crippen molar-refractivity contribution in [2.45, 2.75) is 97.4 Å². The van der Waals surface area contributed by atoms with E-state index in [9.17, 15) is 15.3 Å². The van der Waals surface area contributed by atoms with Crippen molar-refractivity contribution in [3.63, 3.8) is 0 Å². The summed E-state index contributed by atoms with van der Waals surface area (Å²) < 4.78 is 0. The molecule has 3 rings (SSSR count). The topological polar surface area (TPSA) is 60.7 Å². The molecule has 3 fully saturated rings. The van der Waals surface area contributed by atoms with Gasteiger partial charge in [-0.2, -0.15) is 0 Å². The van der Waals surface area contributed by atoms with Gasteiger partial charge in [-0.25, -0.2) is 0 Å². The van der Waals surface area contributed by atoms with Crippen LogP contribution >= 0.6 is 0 Å². The Bertz CT molecular complexity index is 753. The molecule has 31 heavy (non-hydrogen) atoms. The molecule has 0 heterocycles. The van der Waals surface area contributed by atoms with Gasteiger partial charge >= 0.3 is 0 Å². The molecule has 0 aromatic heterocycles. The first-order valence-corrected chi connectivity index (χ1v) is 12.3. The number of hydrogen-bond donors (Lipinski definition) is 3. The lowest BCUT2D eigenvalue weighted by Gasteiger charge is -2.44. The maximum absolute atomic E-state index is 10.3. The minimum absolute atomic E-state index is 0.141. The van der Waals surface area contributed by atoms with Crippen LogP contribution in [0.3, 0.4) is 0 Å². The van der Waals surface area contributed by atoms with E-state index in [-0.39, 0.29) is 5.92 Å². The second kappa shape index (κ2) is 9.37. The maximum Gasteiger partial charge on any atom is 0.0811 e. The Morgan fingerprint density at radius 3 is 2.52 bits per heavy atom. The SMILES string of the molecule is C=C1/C(=C\C=C2/CCC[C@@]3(C)C2CC[C@@H]3[C@H](C)/C=C/[C@H](C)C(C)(C)O)C[C@@H](O)CC1O. The molecule has 3 aliphatic carbocycles. The molecule has 0 amide bonds. The van der Waals surface area contributed by atoms with Crippen molar-refractivity contribution < 1.29 is 15.3 Å². The van der Waals surface area contributed by atoms with Gasteiger partial charge in [0.2, 0.25) is 0 Å². The fraction of sp³-hybridized carbons (Fsp3) is 0.714. The van der Waals surface area contributed by atoms with E-state index in [1.54, 1.807) is 0 Å². The highest BCUT2D eigenvalue weighted by atomic mass is 16.3. The van der Waals surface area contributed by atoms with E-state index in [1.807, 2.05) is 13.8 Å². The molecule has 3 nitrogen and oxygen atoms in total. The van der Waals surface area contributed by atoms with Crippen LogP contribution in [0.4, 0.5) is 0 Å². The standard InChI is InChI=1S/C28H44O3/c1-18(9-10-19(2)27(4,5)31)24-13-14-25-21(8-7-15-28(24,25)6)11-12-22-16-23(29)17-26(30)20(22)3/h9-12,18-19,23-26,29-31H,3,7-8,13-17H2,1-2,4-6H3/b10-9+,21-11+,22-12-/t18-,19+,23-,24-,25?,26?,28-/m1/s1. The quantitative estimate of drug-likeness (QED) is 0.490. The summed E-state index contributed by atoms with van der Waals surface area (Å²) in [6.07, 6.45) is 15.0. The predicted octanol–water partition coefficient (Wildman–Crippen LogP) is 5.73. The Kier molecular flexibility index (Phi) is 7.40. The van der Waals surface area contributed by atoms with Gasteiger partial charge in [0.05, 0.1) is 17.8 Å². The smallest absolute Gasteiger partial charge is 0.0811 e. The minimum atomic E-state index is -0.684. The third-order valence-electron chi connectivity index (χ3n) is 8.75. The molecule has 2 unspecified atom stereocenters. The molecule has 0 radical (unpaired) electrons. The average Bonchev–Trinajstić information content (AvgIpc) is 3.04. The van der Waals surface area contributed by atoms with Crippen LogP contribution in [0.15, 0.2) is 47.6 Å². The maximum atomic E-state index is 10.3. The highest BCUT2D eigenvalue weighted by molar-refractivity contribution is 5.38. The molecule has 0 spiro atoms. The van der Waals surface area contributed by atoms with Gasteiger partial charge in [0, 0.05) is 12.3 Å². The predicted molar refractivity (Wildman–Crippen MR) is 128 cm³/mol. The number of fused-ring (bicyclic) bond motifs is 1. The number of allylic oxidation sites excluding steroid dienone is 4. The zero-order valence-corrected chi connectivity index (χ0v) is 20.3.